The number of halogens is 1. The van der Waals surface area contributed by atoms with Crippen LogP contribution in [0.2, 0.25) is 5.02 Å². The van der Waals surface area contributed by atoms with Gasteiger partial charge < -0.3 is 15.6 Å². The van der Waals surface area contributed by atoms with Gasteiger partial charge in [0, 0.05) is 60.6 Å². The van der Waals surface area contributed by atoms with Gasteiger partial charge in [0.2, 0.25) is 5.95 Å². The summed E-state index contributed by atoms with van der Waals surface area (Å²) >= 11 is 6.82. The standard InChI is InChI=1S/C22H24ClN7O/c1-10-17-15(27-29(10)3)6-5-12(19(17)23)13-9-25-20-18(13)21(31)28(2)22(26-20)30-11-4-7-16(30)14(24)8-11/h5-6,9,11,14,16,25H,4,7-8,24H2,1-3H3/t11-,14+,16?/m0/s1. The Balaban J connectivity index is 1.55. The van der Waals surface area contributed by atoms with Gasteiger partial charge in [-0.2, -0.15) is 10.1 Å². The molecule has 2 aliphatic heterocycles. The van der Waals surface area contributed by atoms with Gasteiger partial charge in [-0.25, -0.2) is 0 Å². The van der Waals surface area contributed by atoms with E-state index in [0.29, 0.717) is 28.0 Å². The molecule has 0 spiro atoms. The molecule has 3 atom stereocenters. The zero-order valence-electron chi connectivity index (χ0n) is 17.7. The Kier molecular flexibility index (Phi) is 3.86. The van der Waals surface area contributed by atoms with E-state index < -0.39 is 0 Å². The maximum atomic E-state index is 13.5. The molecule has 160 valence electrons. The topological polar surface area (TPSA) is 97.8 Å². The van der Waals surface area contributed by atoms with E-state index in [1.807, 2.05) is 37.0 Å². The van der Waals surface area contributed by atoms with Crippen LogP contribution in [-0.2, 0) is 14.1 Å². The van der Waals surface area contributed by atoms with E-state index in [1.165, 1.54) is 0 Å². The molecule has 1 unspecified atom stereocenters. The summed E-state index contributed by atoms with van der Waals surface area (Å²) in [6.07, 6.45) is 4.93. The van der Waals surface area contributed by atoms with Gasteiger partial charge in [0.25, 0.3) is 5.56 Å². The average Bonchev–Trinajstić information content (AvgIpc) is 3.48. The average molecular weight is 438 g/mol. The van der Waals surface area contributed by atoms with Crippen molar-refractivity contribution in [2.75, 3.05) is 4.90 Å². The predicted molar refractivity (Wildman–Crippen MR) is 123 cm³/mol. The molecule has 2 fully saturated rings. The van der Waals surface area contributed by atoms with Crippen LogP contribution >= 0.6 is 11.6 Å². The summed E-state index contributed by atoms with van der Waals surface area (Å²) < 4.78 is 3.47. The third-order valence-corrected chi connectivity index (χ3v) is 7.61. The van der Waals surface area contributed by atoms with Crippen molar-refractivity contribution in [1.29, 1.82) is 0 Å². The number of nitrogens with zero attached hydrogens (tertiary/aromatic N) is 5. The molecule has 3 aromatic heterocycles. The molecule has 4 aromatic rings. The fourth-order valence-corrected chi connectivity index (χ4v) is 5.94. The van der Waals surface area contributed by atoms with E-state index in [9.17, 15) is 4.79 Å². The van der Waals surface area contributed by atoms with Crippen LogP contribution < -0.4 is 16.2 Å². The van der Waals surface area contributed by atoms with Crippen molar-refractivity contribution < 1.29 is 0 Å². The molecule has 8 nitrogen and oxygen atoms in total. The first kappa shape index (κ1) is 18.9. The van der Waals surface area contributed by atoms with Crippen LogP contribution in [-0.4, -0.2) is 42.4 Å². The van der Waals surface area contributed by atoms with E-state index in [4.69, 9.17) is 22.3 Å². The lowest BCUT2D eigenvalue weighted by molar-refractivity contribution is 0.503. The molecule has 1 aromatic carbocycles. The highest BCUT2D eigenvalue weighted by molar-refractivity contribution is 6.38. The summed E-state index contributed by atoms with van der Waals surface area (Å²) in [4.78, 5) is 23.8. The maximum Gasteiger partial charge on any atom is 0.264 e. The number of nitrogens with two attached hydrogens (primary N) is 1. The quantitative estimate of drug-likeness (QED) is 0.502. The Morgan fingerprint density at radius 2 is 2.00 bits per heavy atom. The molecule has 0 radical (unpaired) electrons. The van der Waals surface area contributed by atoms with Gasteiger partial charge in [0.15, 0.2) is 0 Å². The van der Waals surface area contributed by atoms with Crippen molar-refractivity contribution in [3.05, 3.63) is 39.4 Å². The van der Waals surface area contributed by atoms with Crippen LogP contribution in [0.1, 0.15) is 25.0 Å². The molecule has 2 aliphatic rings. The van der Waals surface area contributed by atoms with E-state index in [-0.39, 0.29) is 17.6 Å². The first-order chi connectivity index (χ1) is 14.9. The third kappa shape index (κ3) is 2.43. The van der Waals surface area contributed by atoms with Crippen LogP contribution in [0.4, 0.5) is 5.95 Å². The highest BCUT2D eigenvalue weighted by Gasteiger charge is 2.46. The number of fused-ring (bicyclic) bond motifs is 4. The summed E-state index contributed by atoms with van der Waals surface area (Å²) in [5.41, 5.74) is 10.2. The number of benzene rings is 1. The molecule has 2 bridgehead atoms. The van der Waals surface area contributed by atoms with Crippen molar-refractivity contribution in [3.63, 3.8) is 0 Å². The number of anilines is 1. The summed E-state index contributed by atoms with van der Waals surface area (Å²) in [7, 11) is 3.69. The third-order valence-electron chi connectivity index (χ3n) is 7.22. The van der Waals surface area contributed by atoms with Crippen molar-refractivity contribution in [2.45, 2.75) is 44.3 Å². The SMILES string of the molecule is Cc1c2c(Cl)c(-c3c[nH]c4nc(N5C6CC[C@H]5C[C@H]6N)n(C)c(=O)c34)ccc2nn1C. The number of hydrogen-bond donors (Lipinski definition) is 2. The highest BCUT2D eigenvalue weighted by atomic mass is 35.5. The number of rotatable bonds is 2. The largest absolute Gasteiger partial charge is 0.345 e. The lowest BCUT2D eigenvalue weighted by Crippen LogP contribution is -2.40. The molecule has 0 amide bonds. The second kappa shape index (κ2) is 6.34. The van der Waals surface area contributed by atoms with Crippen molar-refractivity contribution >= 4 is 39.5 Å². The van der Waals surface area contributed by atoms with Crippen LogP contribution in [0.3, 0.4) is 0 Å². The summed E-state index contributed by atoms with van der Waals surface area (Å²) in [6.45, 7) is 1.99. The highest BCUT2D eigenvalue weighted by Crippen LogP contribution is 2.41. The lowest BCUT2D eigenvalue weighted by Gasteiger charge is -2.25. The van der Waals surface area contributed by atoms with E-state index >= 15 is 0 Å². The van der Waals surface area contributed by atoms with Crippen LogP contribution in [0, 0.1) is 6.92 Å². The number of aryl methyl sites for hydroxylation is 2. The minimum Gasteiger partial charge on any atom is -0.345 e. The molecule has 0 saturated carbocycles. The zero-order valence-corrected chi connectivity index (χ0v) is 18.4. The van der Waals surface area contributed by atoms with Crippen LogP contribution in [0.5, 0.6) is 0 Å². The monoisotopic (exact) mass is 437 g/mol. The molecule has 3 N–H and O–H groups in total. The fraction of sp³-hybridized carbons (Fsp3) is 0.409. The molecule has 5 heterocycles. The van der Waals surface area contributed by atoms with Crippen molar-refractivity contribution in [1.82, 2.24) is 24.3 Å². The smallest absolute Gasteiger partial charge is 0.264 e. The molecule has 0 aliphatic carbocycles. The molecule has 2 saturated heterocycles. The predicted octanol–water partition coefficient (Wildman–Crippen LogP) is 2.85. The summed E-state index contributed by atoms with van der Waals surface area (Å²) in [5, 5.41) is 6.55. The van der Waals surface area contributed by atoms with Crippen LogP contribution in [0.25, 0.3) is 33.1 Å². The minimum atomic E-state index is -0.0878. The van der Waals surface area contributed by atoms with E-state index in [0.717, 1.165) is 47.0 Å². The number of aromatic amines is 1. The molecule has 9 heteroatoms. The van der Waals surface area contributed by atoms with E-state index in [2.05, 4.69) is 15.0 Å². The molecular weight excluding hydrogens is 414 g/mol. The number of hydrogen-bond acceptors (Lipinski definition) is 5. The Morgan fingerprint density at radius 3 is 2.71 bits per heavy atom. The van der Waals surface area contributed by atoms with Gasteiger partial charge in [-0.1, -0.05) is 17.7 Å². The fourth-order valence-electron chi connectivity index (χ4n) is 5.54. The van der Waals surface area contributed by atoms with Gasteiger partial charge in [0.1, 0.15) is 5.65 Å². The second-order valence-electron chi connectivity index (χ2n) is 8.84. The van der Waals surface area contributed by atoms with Gasteiger partial charge in [-0.3, -0.25) is 14.0 Å². The lowest BCUT2D eigenvalue weighted by atomic mass is 9.97. The normalized spacial score (nSPS) is 23.0. The number of H-pyrrole nitrogens is 1. The van der Waals surface area contributed by atoms with Crippen LogP contribution in [0.15, 0.2) is 23.1 Å². The summed E-state index contributed by atoms with van der Waals surface area (Å²) in [5.74, 6) is 0.691. The number of aromatic nitrogens is 5. The van der Waals surface area contributed by atoms with Gasteiger partial charge in [-0.15, -0.1) is 0 Å². The second-order valence-corrected chi connectivity index (χ2v) is 9.22. The zero-order chi connectivity index (χ0) is 21.6. The van der Waals surface area contributed by atoms with Gasteiger partial charge >= 0.3 is 0 Å². The van der Waals surface area contributed by atoms with Crippen molar-refractivity contribution in [3.8, 4) is 11.1 Å². The van der Waals surface area contributed by atoms with Gasteiger partial charge in [0.05, 0.1) is 15.9 Å². The van der Waals surface area contributed by atoms with E-state index in [1.54, 1.807) is 11.6 Å². The molecule has 31 heavy (non-hydrogen) atoms. The minimum absolute atomic E-state index is 0.0878. The maximum absolute atomic E-state index is 13.5. The Hall–Kier alpha value is -2.84. The number of nitrogens with one attached hydrogen (secondary N) is 1. The Bertz CT molecular complexity index is 1430. The summed E-state index contributed by atoms with van der Waals surface area (Å²) in [6, 6.07) is 4.61. The Labute approximate surface area is 183 Å². The van der Waals surface area contributed by atoms with Crippen molar-refractivity contribution in [2.24, 2.45) is 19.8 Å². The first-order valence-electron chi connectivity index (χ1n) is 10.6. The first-order valence-corrected chi connectivity index (χ1v) is 11.0. The van der Waals surface area contributed by atoms with Gasteiger partial charge in [-0.05, 0) is 32.3 Å². The Morgan fingerprint density at radius 1 is 1.19 bits per heavy atom. The molecule has 6 rings (SSSR count). The molecular formula is C22H24ClN7O.